The van der Waals surface area contributed by atoms with Crippen LogP contribution in [0.2, 0.25) is 0 Å². The molecule has 9 nitrogen and oxygen atoms in total. The Morgan fingerprint density at radius 1 is 1.19 bits per heavy atom. The zero-order valence-corrected chi connectivity index (χ0v) is 15.3. The van der Waals surface area contributed by atoms with Gasteiger partial charge in [0.05, 0.1) is 33.5 Å². The first-order chi connectivity index (χ1) is 13.2. The van der Waals surface area contributed by atoms with Crippen molar-refractivity contribution < 1.29 is 19.0 Å². The van der Waals surface area contributed by atoms with Gasteiger partial charge in [0.2, 0.25) is 11.9 Å². The Kier molecular flexibility index (Phi) is 6.89. The molecule has 9 heteroatoms. The van der Waals surface area contributed by atoms with Crippen LogP contribution in [0.3, 0.4) is 0 Å². The number of rotatable bonds is 8. The largest absolute Gasteiger partial charge is 0.467 e. The highest BCUT2D eigenvalue weighted by molar-refractivity contribution is 5.77. The number of nitrogens with zero attached hydrogens (tertiary/aromatic N) is 4. The predicted octanol–water partition coefficient (Wildman–Crippen LogP) is 0.550. The van der Waals surface area contributed by atoms with Gasteiger partial charge in [0, 0.05) is 13.1 Å². The van der Waals surface area contributed by atoms with Crippen LogP contribution in [0.5, 0.6) is 6.01 Å². The van der Waals surface area contributed by atoms with Crippen molar-refractivity contribution in [1.82, 2.24) is 20.3 Å². The molecule has 2 heterocycles. The minimum atomic E-state index is -0.238. The Balaban J connectivity index is 1.51. The fourth-order valence-corrected chi connectivity index (χ4v) is 2.53. The fourth-order valence-electron chi connectivity index (χ4n) is 2.53. The first kappa shape index (κ1) is 19.0. The average molecular weight is 373 g/mol. The second-order valence-electron chi connectivity index (χ2n) is 5.89. The monoisotopic (exact) mass is 373 g/mol. The Bertz CT molecular complexity index is 738. The maximum absolute atomic E-state index is 12.0. The molecule has 0 spiro atoms. The van der Waals surface area contributed by atoms with Crippen molar-refractivity contribution in [2.24, 2.45) is 0 Å². The molecule has 2 aromatic rings. The SMILES string of the molecule is COc1nc(CNC(=O)COCc2ccccc2)nc(N2CCOCC2)n1. The minimum Gasteiger partial charge on any atom is -0.467 e. The lowest BCUT2D eigenvalue weighted by atomic mass is 10.2. The van der Waals surface area contributed by atoms with Crippen LogP contribution in [-0.4, -0.2) is 60.9 Å². The summed E-state index contributed by atoms with van der Waals surface area (Å²) in [6.45, 7) is 3.17. The van der Waals surface area contributed by atoms with E-state index in [-0.39, 0.29) is 25.1 Å². The van der Waals surface area contributed by atoms with Gasteiger partial charge in [0.25, 0.3) is 0 Å². The summed E-state index contributed by atoms with van der Waals surface area (Å²) in [4.78, 5) is 26.9. The van der Waals surface area contributed by atoms with Crippen molar-refractivity contribution in [2.45, 2.75) is 13.2 Å². The molecule has 1 N–H and O–H groups in total. The number of carbonyl (C=O) groups is 1. The van der Waals surface area contributed by atoms with E-state index < -0.39 is 0 Å². The molecule has 0 saturated carbocycles. The molecule has 1 aromatic carbocycles. The van der Waals surface area contributed by atoms with Gasteiger partial charge in [-0.2, -0.15) is 15.0 Å². The fraction of sp³-hybridized carbons (Fsp3) is 0.444. The number of methoxy groups -OCH3 is 1. The van der Waals surface area contributed by atoms with Crippen molar-refractivity contribution in [3.05, 3.63) is 41.7 Å². The molecule has 1 aliphatic rings. The number of carbonyl (C=O) groups excluding carboxylic acids is 1. The van der Waals surface area contributed by atoms with E-state index in [0.29, 0.717) is 44.7 Å². The number of hydrogen-bond donors (Lipinski definition) is 1. The van der Waals surface area contributed by atoms with Crippen molar-refractivity contribution in [2.75, 3.05) is 44.9 Å². The number of amides is 1. The van der Waals surface area contributed by atoms with E-state index in [9.17, 15) is 4.79 Å². The molecule has 0 radical (unpaired) electrons. The molecule has 144 valence electrons. The maximum Gasteiger partial charge on any atom is 0.321 e. The number of aromatic nitrogens is 3. The number of morpholine rings is 1. The van der Waals surface area contributed by atoms with Crippen LogP contribution >= 0.6 is 0 Å². The number of nitrogens with one attached hydrogen (secondary N) is 1. The third kappa shape index (κ3) is 5.87. The molecular weight excluding hydrogens is 350 g/mol. The summed E-state index contributed by atoms with van der Waals surface area (Å²) in [6.07, 6.45) is 0. The van der Waals surface area contributed by atoms with Crippen LogP contribution < -0.4 is 15.0 Å². The third-order valence-corrected chi connectivity index (χ3v) is 3.91. The van der Waals surface area contributed by atoms with Crippen LogP contribution in [0.1, 0.15) is 11.4 Å². The van der Waals surface area contributed by atoms with E-state index in [2.05, 4.69) is 20.3 Å². The lowest BCUT2D eigenvalue weighted by Crippen LogP contribution is -2.38. The number of anilines is 1. The van der Waals surface area contributed by atoms with Crippen LogP contribution in [0.4, 0.5) is 5.95 Å². The first-order valence-electron chi connectivity index (χ1n) is 8.74. The minimum absolute atomic E-state index is 0.0343. The summed E-state index contributed by atoms with van der Waals surface area (Å²) in [6, 6.07) is 9.91. The lowest BCUT2D eigenvalue weighted by molar-refractivity contribution is -0.126. The highest BCUT2D eigenvalue weighted by Crippen LogP contribution is 2.13. The highest BCUT2D eigenvalue weighted by atomic mass is 16.5. The molecule has 0 aliphatic carbocycles. The normalized spacial score (nSPS) is 14.0. The van der Waals surface area contributed by atoms with Crippen molar-refractivity contribution in [3.63, 3.8) is 0 Å². The van der Waals surface area contributed by atoms with Gasteiger partial charge in [0.15, 0.2) is 5.82 Å². The molecular formula is C18H23N5O4. The molecule has 1 aliphatic heterocycles. The zero-order valence-electron chi connectivity index (χ0n) is 15.3. The van der Waals surface area contributed by atoms with Crippen LogP contribution in [0, 0.1) is 0 Å². The van der Waals surface area contributed by atoms with Gasteiger partial charge in [0.1, 0.15) is 6.61 Å². The van der Waals surface area contributed by atoms with E-state index >= 15 is 0 Å². The van der Waals surface area contributed by atoms with E-state index in [1.807, 2.05) is 35.2 Å². The summed E-state index contributed by atoms with van der Waals surface area (Å²) < 4.78 is 15.9. The predicted molar refractivity (Wildman–Crippen MR) is 97.4 cm³/mol. The van der Waals surface area contributed by atoms with Gasteiger partial charge in [-0.15, -0.1) is 0 Å². The molecule has 1 aromatic heterocycles. The topological polar surface area (TPSA) is 98.7 Å². The van der Waals surface area contributed by atoms with Gasteiger partial charge in [-0.3, -0.25) is 4.79 Å². The van der Waals surface area contributed by atoms with Crippen LogP contribution in [-0.2, 0) is 27.4 Å². The molecule has 27 heavy (non-hydrogen) atoms. The average Bonchev–Trinajstić information content (AvgIpc) is 2.73. The summed E-state index contributed by atoms with van der Waals surface area (Å²) >= 11 is 0. The second-order valence-corrected chi connectivity index (χ2v) is 5.89. The van der Waals surface area contributed by atoms with Gasteiger partial charge in [-0.25, -0.2) is 0 Å². The van der Waals surface area contributed by atoms with Crippen LogP contribution in [0.25, 0.3) is 0 Å². The quantitative estimate of drug-likeness (QED) is 0.716. The second kappa shape index (κ2) is 9.79. The van der Waals surface area contributed by atoms with E-state index in [0.717, 1.165) is 5.56 Å². The van der Waals surface area contributed by atoms with Gasteiger partial charge in [-0.05, 0) is 5.56 Å². The molecule has 0 atom stereocenters. The number of hydrogen-bond acceptors (Lipinski definition) is 8. The van der Waals surface area contributed by atoms with Crippen molar-refractivity contribution >= 4 is 11.9 Å². The number of ether oxygens (including phenoxy) is 3. The molecule has 0 unspecified atom stereocenters. The summed E-state index contributed by atoms with van der Waals surface area (Å²) in [5.74, 6) is 0.715. The molecule has 1 amide bonds. The lowest BCUT2D eigenvalue weighted by Gasteiger charge is -2.26. The summed E-state index contributed by atoms with van der Waals surface area (Å²) in [5, 5.41) is 2.75. The third-order valence-electron chi connectivity index (χ3n) is 3.91. The smallest absolute Gasteiger partial charge is 0.321 e. The first-order valence-corrected chi connectivity index (χ1v) is 8.74. The number of benzene rings is 1. The van der Waals surface area contributed by atoms with Crippen LogP contribution in [0.15, 0.2) is 30.3 Å². The zero-order chi connectivity index (χ0) is 18.9. The van der Waals surface area contributed by atoms with Gasteiger partial charge >= 0.3 is 6.01 Å². The molecule has 1 fully saturated rings. The highest BCUT2D eigenvalue weighted by Gasteiger charge is 2.17. The van der Waals surface area contributed by atoms with E-state index in [4.69, 9.17) is 14.2 Å². The molecule has 0 bridgehead atoms. The Morgan fingerprint density at radius 3 is 2.70 bits per heavy atom. The molecule has 1 saturated heterocycles. The summed E-state index contributed by atoms with van der Waals surface area (Å²) in [7, 11) is 1.50. The Hall–Kier alpha value is -2.78. The van der Waals surface area contributed by atoms with Crippen molar-refractivity contribution in [1.29, 1.82) is 0 Å². The van der Waals surface area contributed by atoms with Crippen molar-refractivity contribution in [3.8, 4) is 6.01 Å². The standard InChI is InChI=1S/C18H23N5O4/c1-25-18-21-15(20-17(22-18)23-7-9-26-10-8-23)11-19-16(24)13-27-12-14-5-3-2-4-6-14/h2-6H,7-13H2,1H3,(H,19,24). The maximum atomic E-state index is 12.0. The van der Waals surface area contributed by atoms with E-state index in [1.165, 1.54) is 7.11 Å². The molecule has 3 rings (SSSR count). The van der Waals surface area contributed by atoms with Gasteiger partial charge < -0.3 is 24.4 Å². The van der Waals surface area contributed by atoms with E-state index in [1.54, 1.807) is 0 Å². The summed E-state index contributed by atoms with van der Waals surface area (Å²) in [5.41, 5.74) is 1.02. The Morgan fingerprint density at radius 2 is 1.96 bits per heavy atom. The van der Waals surface area contributed by atoms with Gasteiger partial charge in [-0.1, -0.05) is 30.3 Å². The Labute approximate surface area is 157 Å².